The van der Waals surface area contributed by atoms with Gasteiger partial charge in [0.15, 0.2) is 0 Å². The number of allylic oxidation sites excluding steroid dienone is 2. The van der Waals surface area contributed by atoms with Crippen LogP contribution < -0.4 is 0 Å². The van der Waals surface area contributed by atoms with E-state index in [0.29, 0.717) is 12.3 Å². The van der Waals surface area contributed by atoms with Gasteiger partial charge < -0.3 is 9.80 Å². The van der Waals surface area contributed by atoms with Crippen molar-refractivity contribution in [2.24, 2.45) is 0 Å². The largest absolute Gasteiger partial charge is 0.346 e. The third-order valence-corrected chi connectivity index (χ3v) is 10.5. The molecule has 0 aromatic heterocycles. The number of carbonyl (C=O) groups excluding carboxylic acids is 1. The summed E-state index contributed by atoms with van der Waals surface area (Å²) in [4.78, 5) is 16.8. The molecule has 0 saturated heterocycles. The van der Waals surface area contributed by atoms with Crippen LogP contribution in [0, 0.1) is 0 Å². The first-order valence-corrected chi connectivity index (χ1v) is 22.1. The number of hydrogen-bond donors (Lipinski definition) is 0. The van der Waals surface area contributed by atoms with Crippen LogP contribution in [-0.2, 0) is 4.79 Å². The van der Waals surface area contributed by atoms with Gasteiger partial charge in [0.2, 0.25) is 5.91 Å². The molecule has 1 amide bonds. The monoisotopic (exact) mass is 675 g/mol. The minimum atomic E-state index is 0.328. The van der Waals surface area contributed by atoms with E-state index in [1.807, 2.05) is 11.9 Å². The Hall–Kier alpha value is -0.830. The van der Waals surface area contributed by atoms with Gasteiger partial charge >= 0.3 is 0 Å². The molecule has 0 atom stereocenters. The molecule has 0 aromatic carbocycles. The van der Waals surface area contributed by atoms with Gasteiger partial charge in [-0.25, -0.2) is 0 Å². The average Bonchev–Trinajstić information content (AvgIpc) is 3.08. The van der Waals surface area contributed by atoms with E-state index in [1.165, 1.54) is 193 Å². The van der Waals surface area contributed by atoms with Crippen molar-refractivity contribution in [1.29, 1.82) is 0 Å². The van der Waals surface area contributed by atoms with E-state index in [0.717, 1.165) is 38.8 Å². The molecule has 0 aliphatic heterocycles. The third-order valence-electron chi connectivity index (χ3n) is 10.5. The smallest absolute Gasteiger partial charge is 0.222 e. The minimum absolute atomic E-state index is 0.328. The lowest BCUT2D eigenvalue weighted by molar-refractivity contribution is -0.130. The van der Waals surface area contributed by atoms with Crippen molar-refractivity contribution in [3.8, 4) is 0 Å². The van der Waals surface area contributed by atoms with Crippen LogP contribution in [0.3, 0.4) is 0 Å². The van der Waals surface area contributed by atoms with E-state index in [-0.39, 0.29) is 0 Å². The number of nitrogens with zero attached hydrogens (tertiary/aromatic N) is 2. The molecular weight excluding hydrogens is 585 g/mol. The maximum atomic E-state index is 12.6. The second-order valence-corrected chi connectivity index (χ2v) is 15.8. The molecule has 3 heteroatoms. The van der Waals surface area contributed by atoms with Crippen LogP contribution in [0.1, 0.15) is 239 Å². The summed E-state index contributed by atoms with van der Waals surface area (Å²) in [5.41, 5.74) is 1.69. The Morgan fingerprint density at radius 1 is 0.396 bits per heavy atom. The van der Waals surface area contributed by atoms with E-state index >= 15 is 0 Å². The number of unbranched alkanes of at least 4 members (excludes halogenated alkanes) is 28. The van der Waals surface area contributed by atoms with Crippen LogP contribution in [0.5, 0.6) is 0 Å². The first-order valence-electron chi connectivity index (χ1n) is 22.1. The van der Waals surface area contributed by atoms with Crippen LogP contribution in [0.2, 0.25) is 0 Å². The standard InChI is InChI=1S/C45H90N2O/c1-6-8-10-12-14-16-18-20-22-24-26-28-30-32-38-44(40-34-35-41-45(48)47(5)43-37-36-42-46(3)4)39-33-31-29-27-25-23-21-19-17-15-13-11-9-7-2/h40H,6-39,41-43H2,1-5H3. The van der Waals surface area contributed by atoms with Crippen molar-refractivity contribution in [2.45, 2.75) is 239 Å². The fraction of sp³-hybridized carbons (Fsp3) is 0.933. The lowest BCUT2D eigenvalue weighted by Crippen LogP contribution is -2.28. The molecule has 0 rings (SSSR count). The topological polar surface area (TPSA) is 23.6 Å². The first kappa shape index (κ1) is 47.2. The first-order chi connectivity index (χ1) is 23.5. The zero-order chi connectivity index (χ0) is 35.2. The highest BCUT2D eigenvalue weighted by atomic mass is 16.2. The van der Waals surface area contributed by atoms with Crippen molar-refractivity contribution in [2.75, 3.05) is 34.2 Å². The summed E-state index contributed by atoms with van der Waals surface area (Å²) < 4.78 is 0. The van der Waals surface area contributed by atoms with E-state index in [2.05, 4.69) is 38.9 Å². The fourth-order valence-corrected chi connectivity index (χ4v) is 7.07. The Kier molecular flexibility index (Phi) is 38.3. The summed E-state index contributed by atoms with van der Waals surface area (Å²) in [5.74, 6) is 0.328. The molecule has 48 heavy (non-hydrogen) atoms. The van der Waals surface area contributed by atoms with Crippen LogP contribution in [0.4, 0.5) is 0 Å². The molecule has 3 nitrogen and oxygen atoms in total. The van der Waals surface area contributed by atoms with Crippen molar-refractivity contribution in [3.63, 3.8) is 0 Å². The Morgan fingerprint density at radius 3 is 1.08 bits per heavy atom. The van der Waals surface area contributed by atoms with Gasteiger partial charge in [-0.05, 0) is 72.0 Å². The van der Waals surface area contributed by atoms with E-state index in [1.54, 1.807) is 5.57 Å². The summed E-state index contributed by atoms with van der Waals surface area (Å²) in [5, 5.41) is 0. The van der Waals surface area contributed by atoms with Crippen LogP contribution in [0.25, 0.3) is 0 Å². The normalized spacial score (nSPS) is 11.5. The van der Waals surface area contributed by atoms with E-state index < -0.39 is 0 Å². The molecule has 0 aromatic rings. The van der Waals surface area contributed by atoms with Crippen molar-refractivity contribution in [1.82, 2.24) is 9.80 Å². The Bertz CT molecular complexity index is 638. The Labute approximate surface area is 304 Å². The van der Waals surface area contributed by atoms with E-state index in [9.17, 15) is 4.79 Å². The van der Waals surface area contributed by atoms with E-state index in [4.69, 9.17) is 0 Å². The molecule has 286 valence electrons. The van der Waals surface area contributed by atoms with Crippen molar-refractivity contribution < 1.29 is 4.79 Å². The number of hydrogen-bond acceptors (Lipinski definition) is 2. The predicted octanol–water partition coefficient (Wildman–Crippen LogP) is 14.6. The molecule has 0 heterocycles. The van der Waals surface area contributed by atoms with Gasteiger partial charge in [0.05, 0.1) is 0 Å². The highest BCUT2D eigenvalue weighted by molar-refractivity contribution is 5.75. The van der Waals surface area contributed by atoms with Gasteiger partial charge in [0, 0.05) is 20.0 Å². The zero-order valence-electron chi connectivity index (χ0n) is 34.0. The molecule has 0 spiro atoms. The van der Waals surface area contributed by atoms with Gasteiger partial charge in [-0.15, -0.1) is 0 Å². The SMILES string of the molecule is CCCCCCCCCCCCCCCCC(=CCCCC(=O)N(C)CCCCN(C)C)CCCCCCCCCCCCCCCC. The molecule has 0 bridgehead atoms. The molecule has 0 N–H and O–H groups in total. The van der Waals surface area contributed by atoms with Crippen LogP contribution in [0.15, 0.2) is 11.6 Å². The fourth-order valence-electron chi connectivity index (χ4n) is 7.07. The zero-order valence-corrected chi connectivity index (χ0v) is 34.0. The van der Waals surface area contributed by atoms with Gasteiger partial charge in [0.25, 0.3) is 0 Å². The number of rotatable bonds is 39. The average molecular weight is 675 g/mol. The molecule has 0 saturated carbocycles. The molecule has 0 unspecified atom stereocenters. The summed E-state index contributed by atoms with van der Waals surface area (Å²) in [7, 11) is 6.23. The van der Waals surface area contributed by atoms with Gasteiger partial charge in [0.1, 0.15) is 0 Å². The summed E-state index contributed by atoms with van der Waals surface area (Å²) in [6.45, 7) is 6.61. The maximum absolute atomic E-state index is 12.6. The highest BCUT2D eigenvalue weighted by Gasteiger charge is 2.08. The van der Waals surface area contributed by atoms with Crippen LogP contribution in [-0.4, -0.2) is 49.9 Å². The second-order valence-electron chi connectivity index (χ2n) is 15.8. The summed E-state index contributed by atoms with van der Waals surface area (Å²) in [6, 6.07) is 0. The van der Waals surface area contributed by atoms with Crippen molar-refractivity contribution >= 4 is 5.91 Å². The Morgan fingerprint density at radius 2 is 0.729 bits per heavy atom. The van der Waals surface area contributed by atoms with Crippen molar-refractivity contribution in [3.05, 3.63) is 11.6 Å². The van der Waals surface area contributed by atoms with Gasteiger partial charge in [-0.2, -0.15) is 0 Å². The molecular formula is C45H90N2O. The highest BCUT2D eigenvalue weighted by Crippen LogP contribution is 2.21. The quantitative estimate of drug-likeness (QED) is 0.0478. The summed E-state index contributed by atoms with van der Waals surface area (Å²) >= 11 is 0. The van der Waals surface area contributed by atoms with Gasteiger partial charge in [-0.1, -0.05) is 192 Å². The predicted molar refractivity (Wildman–Crippen MR) is 217 cm³/mol. The number of carbonyl (C=O) groups is 1. The Balaban J connectivity index is 4.20. The third kappa shape index (κ3) is 36.5. The molecule has 0 fully saturated rings. The van der Waals surface area contributed by atoms with Gasteiger partial charge in [-0.3, -0.25) is 4.79 Å². The van der Waals surface area contributed by atoms with Crippen LogP contribution >= 0.6 is 0 Å². The second kappa shape index (κ2) is 39.0. The molecule has 0 radical (unpaired) electrons. The molecule has 0 aliphatic rings. The summed E-state index contributed by atoms with van der Waals surface area (Å²) in [6.07, 6.45) is 50.1. The number of amides is 1. The lowest BCUT2D eigenvalue weighted by atomic mass is 9.97. The minimum Gasteiger partial charge on any atom is -0.346 e. The molecule has 0 aliphatic carbocycles. The maximum Gasteiger partial charge on any atom is 0.222 e. The lowest BCUT2D eigenvalue weighted by Gasteiger charge is -2.17.